The predicted octanol–water partition coefficient (Wildman–Crippen LogP) is 6.89. The summed E-state index contributed by atoms with van der Waals surface area (Å²) in [6.45, 7) is 0. The first-order valence-electron chi connectivity index (χ1n) is 7.85. The molecule has 0 amide bonds. The van der Waals surface area contributed by atoms with Gasteiger partial charge in [0.15, 0.2) is 0 Å². The maximum Gasteiger partial charge on any atom is 0.269 e. The minimum Gasteiger partial charge on any atom is -0.258 e. The second kappa shape index (κ2) is 8.08. The van der Waals surface area contributed by atoms with E-state index in [2.05, 4.69) is 0 Å². The predicted molar refractivity (Wildman–Crippen MR) is 120 cm³/mol. The van der Waals surface area contributed by atoms with Gasteiger partial charge in [-0.25, -0.2) is 0 Å². The third-order valence-corrected chi connectivity index (χ3v) is 9.19. The molecule has 2 aliphatic heterocycles. The SMILES string of the molecule is O=[N+]([O-])c1ccc(C2=C(c3ccc([N+](=O)[O-])cc3)SC(=C3SC=CS3)S2)cc1. The fraction of sp³-hybridized carbons (Fsp3) is 0. The van der Waals surface area contributed by atoms with Crippen LogP contribution in [0, 0.1) is 20.2 Å². The number of thioether (sulfide) groups is 4. The molecule has 0 atom stereocenters. The fourth-order valence-electron chi connectivity index (χ4n) is 2.53. The highest BCUT2D eigenvalue weighted by molar-refractivity contribution is 8.37. The van der Waals surface area contributed by atoms with Gasteiger partial charge in [0.25, 0.3) is 11.4 Å². The molecule has 0 spiro atoms. The summed E-state index contributed by atoms with van der Waals surface area (Å²) in [5, 5.41) is 25.9. The van der Waals surface area contributed by atoms with Gasteiger partial charge in [-0.1, -0.05) is 47.0 Å². The number of rotatable bonds is 4. The van der Waals surface area contributed by atoms with Gasteiger partial charge in [0.05, 0.1) is 18.3 Å². The van der Waals surface area contributed by atoms with Crippen molar-refractivity contribution in [3.05, 3.63) is 99.2 Å². The molecule has 6 nitrogen and oxygen atoms in total. The molecule has 2 heterocycles. The Labute approximate surface area is 176 Å². The van der Waals surface area contributed by atoms with E-state index in [-0.39, 0.29) is 11.4 Å². The van der Waals surface area contributed by atoms with Crippen LogP contribution in [-0.4, -0.2) is 9.85 Å². The summed E-state index contributed by atoms with van der Waals surface area (Å²) in [4.78, 5) is 23.0. The molecule has 0 radical (unpaired) electrons. The van der Waals surface area contributed by atoms with Crippen molar-refractivity contribution in [2.24, 2.45) is 0 Å². The molecule has 4 rings (SSSR count). The van der Waals surface area contributed by atoms with Gasteiger partial charge in [-0.2, -0.15) is 0 Å². The standard InChI is InChI=1S/C18H10N2O4S4/c21-19(22)13-5-1-11(2-6-13)15-16(12-3-7-14(8-4-12)20(23)24)28-18(27-15)17-25-9-10-26-17/h1-10H. The number of nitro benzene ring substituents is 2. The number of non-ortho nitro benzene ring substituents is 2. The van der Waals surface area contributed by atoms with Crippen molar-refractivity contribution in [3.63, 3.8) is 0 Å². The van der Waals surface area contributed by atoms with Crippen molar-refractivity contribution in [1.29, 1.82) is 0 Å². The molecule has 0 unspecified atom stereocenters. The van der Waals surface area contributed by atoms with Gasteiger partial charge in [-0.05, 0) is 46.2 Å². The first-order chi connectivity index (χ1) is 13.5. The van der Waals surface area contributed by atoms with E-state index < -0.39 is 9.85 Å². The largest absolute Gasteiger partial charge is 0.269 e. The summed E-state index contributed by atoms with van der Waals surface area (Å²) < 4.78 is 2.33. The lowest BCUT2D eigenvalue weighted by Gasteiger charge is -2.06. The minimum atomic E-state index is -0.420. The van der Waals surface area contributed by atoms with Crippen LogP contribution in [0.15, 0.2) is 67.8 Å². The molecular weight excluding hydrogens is 436 g/mol. The zero-order valence-corrected chi connectivity index (χ0v) is 17.2. The van der Waals surface area contributed by atoms with Gasteiger partial charge in [-0.15, -0.1) is 0 Å². The summed E-state index contributed by atoms with van der Waals surface area (Å²) in [7, 11) is 0. The van der Waals surface area contributed by atoms with Crippen LogP contribution in [0.2, 0.25) is 0 Å². The van der Waals surface area contributed by atoms with E-state index in [1.807, 2.05) is 10.8 Å². The Balaban J connectivity index is 1.76. The van der Waals surface area contributed by atoms with Crippen molar-refractivity contribution in [2.45, 2.75) is 0 Å². The Kier molecular flexibility index (Phi) is 5.54. The Morgan fingerprint density at radius 3 is 1.36 bits per heavy atom. The van der Waals surface area contributed by atoms with Gasteiger partial charge >= 0.3 is 0 Å². The number of hydrogen-bond donors (Lipinski definition) is 0. The number of nitro groups is 2. The maximum absolute atomic E-state index is 10.9. The summed E-state index contributed by atoms with van der Waals surface area (Å²) in [5.41, 5.74) is 1.85. The molecule has 0 saturated heterocycles. The van der Waals surface area contributed by atoms with Crippen LogP contribution >= 0.6 is 47.0 Å². The maximum atomic E-state index is 10.9. The monoisotopic (exact) mass is 446 g/mol. The highest BCUT2D eigenvalue weighted by Crippen LogP contribution is 2.61. The van der Waals surface area contributed by atoms with Crippen molar-refractivity contribution in [3.8, 4) is 0 Å². The van der Waals surface area contributed by atoms with Gasteiger partial charge in [0.1, 0.15) is 0 Å². The smallest absolute Gasteiger partial charge is 0.258 e. The Morgan fingerprint density at radius 1 is 0.607 bits per heavy atom. The lowest BCUT2D eigenvalue weighted by atomic mass is 10.1. The molecule has 28 heavy (non-hydrogen) atoms. The number of benzene rings is 2. The molecule has 0 aromatic heterocycles. The van der Waals surface area contributed by atoms with E-state index >= 15 is 0 Å². The third kappa shape index (κ3) is 3.86. The van der Waals surface area contributed by atoms with Crippen molar-refractivity contribution in [2.75, 3.05) is 0 Å². The molecular formula is C18H10N2O4S4. The molecule has 0 fully saturated rings. The molecule has 0 aliphatic carbocycles. The minimum absolute atomic E-state index is 0.0431. The zero-order chi connectivity index (χ0) is 19.7. The summed E-state index contributed by atoms with van der Waals surface area (Å²) >= 11 is 6.57. The van der Waals surface area contributed by atoms with Gasteiger partial charge in [0, 0.05) is 34.1 Å². The molecule has 2 aromatic carbocycles. The van der Waals surface area contributed by atoms with Crippen molar-refractivity contribution < 1.29 is 9.85 Å². The highest BCUT2D eigenvalue weighted by atomic mass is 32.2. The van der Waals surface area contributed by atoms with E-state index in [0.29, 0.717) is 0 Å². The third-order valence-electron chi connectivity index (χ3n) is 3.85. The second-order valence-electron chi connectivity index (χ2n) is 5.55. The Morgan fingerprint density at radius 2 is 1.00 bits per heavy atom. The first-order valence-corrected chi connectivity index (χ1v) is 11.2. The Hall–Kier alpha value is -2.14. The van der Waals surface area contributed by atoms with Crippen LogP contribution in [0.4, 0.5) is 11.4 Å². The van der Waals surface area contributed by atoms with Gasteiger partial charge in [-0.3, -0.25) is 20.2 Å². The summed E-state index contributed by atoms with van der Waals surface area (Å²) in [6.07, 6.45) is 0. The average molecular weight is 447 g/mol. The topological polar surface area (TPSA) is 86.3 Å². The van der Waals surface area contributed by atoms with Crippen molar-refractivity contribution >= 4 is 68.2 Å². The molecule has 10 heteroatoms. The van der Waals surface area contributed by atoms with Crippen LogP contribution in [0.1, 0.15) is 11.1 Å². The average Bonchev–Trinajstić information content (AvgIpc) is 3.38. The van der Waals surface area contributed by atoms with E-state index in [1.54, 1.807) is 71.3 Å². The molecule has 0 bridgehead atoms. The Bertz CT molecular complexity index is 978. The van der Waals surface area contributed by atoms with E-state index in [1.165, 1.54) is 28.5 Å². The lowest BCUT2D eigenvalue weighted by molar-refractivity contribution is -0.385. The lowest BCUT2D eigenvalue weighted by Crippen LogP contribution is -1.89. The van der Waals surface area contributed by atoms with Crippen molar-refractivity contribution in [1.82, 2.24) is 0 Å². The summed E-state index contributed by atoms with van der Waals surface area (Å²) in [5.74, 6) is 0. The van der Waals surface area contributed by atoms with Crippen LogP contribution in [-0.2, 0) is 0 Å². The molecule has 0 saturated carbocycles. The van der Waals surface area contributed by atoms with Crippen LogP contribution in [0.25, 0.3) is 9.81 Å². The molecule has 0 N–H and O–H groups in total. The van der Waals surface area contributed by atoms with E-state index in [9.17, 15) is 20.2 Å². The van der Waals surface area contributed by atoms with Crippen LogP contribution < -0.4 is 0 Å². The first kappa shape index (κ1) is 19.2. The molecule has 140 valence electrons. The quantitative estimate of drug-likeness (QED) is 0.371. The fourth-order valence-corrected chi connectivity index (χ4v) is 7.43. The number of hydrogen-bond acceptors (Lipinski definition) is 8. The van der Waals surface area contributed by atoms with Crippen LogP contribution in [0.5, 0.6) is 0 Å². The number of nitrogens with zero attached hydrogens (tertiary/aromatic N) is 2. The van der Waals surface area contributed by atoms with E-state index in [0.717, 1.165) is 25.2 Å². The second-order valence-corrected chi connectivity index (χ2v) is 9.94. The summed E-state index contributed by atoms with van der Waals surface area (Å²) in [6, 6.07) is 12.9. The van der Waals surface area contributed by atoms with Gasteiger partial charge in [0.2, 0.25) is 0 Å². The highest BCUT2D eigenvalue weighted by Gasteiger charge is 2.27. The van der Waals surface area contributed by atoms with E-state index in [4.69, 9.17) is 0 Å². The van der Waals surface area contributed by atoms with Crippen LogP contribution in [0.3, 0.4) is 0 Å². The normalized spacial score (nSPS) is 16.1. The molecule has 2 aliphatic rings. The zero-order valence-electron chi connectivity index (χ0n) is 13.9. The van der Waals surface area contributed by atoms with Gasteiger partial charge < -0.3 is 0 Å². The molecule has 2 aromatic rings.